The summed E-state index contributed by atoms with van der Waals surface area (Å²) in [4.78, 5) is 12.4. The number of nitrogens with two attached hydrogens (primary N) is 1. The van der Waals surface area contributed by atoms with E-state index in [1.807, 2.05) is 6.07 Å². The summed E-state index contributed by atoms with van der Waals surface area (Å²) in [6.07, 6.45) is 2.50. The number of rotatable bonds is 7. The Morgan fingerprint density at radius 1 is 1.17 bits per heavy atom. The van der Waals surface area contributed by atoms with Gasteiger partial charge in [-0.05, 0) is 60.2 Å². The number of sulfonamides is 1. The Morgan fingerprint density at radius 2 is 1.86 bits per heavy atom. The molecule has 0 atom stereocenters. The first-order valence-corrected chi connectivity index (χ1v) is 11.1. The zero-order valence-electron chi connectivity index (χ0n) is 16.9. The average molecular weight is 415 g/mol. The van der Waals surface area contributed by atoms with Gasteiger partial charge in [-0.1, -0.05) is 26.0 Å². The molecule has 0 bridgehead atoms. The van der Waals surface area contributed by atoms with E-state index in [1.165, 1.54) is 23.3 Å². The molecule has 29 heavy (non-hydrogen) atoms. The molecule has 7 heteroatoms. The third kappa shape index (κ3) is 5.05. The first-order valence-electron chi connectivity index (χ1n) is 9.54. The molecule has 0 aliphatic rings. The number of amides is 1. The van der Waals surface area contributed by atoms with Crippen molar-refractivity contribution in [2.45, 2.75) is 44.4 Å². The van der Waals surface area contributed by atoms with Gasteiger partial charge in [-0.3, -0.25) is 4.79 Å². The van der Waals surface area contributed by atoms with Crippen molar-refractivity contribution in [1.29, 1.82) is 0 Å². The molecule has 0 saturated heterocycles. The molecule has 0 radical (unpaired) electrons. The second kappa shape index (κ2) is 8.39. The van der Waals surface area contributed by atoms with Gasteiger partial charge in [0.05, 0.1) is 17.6 Å². The van der Waals surface area contributed by atoms with Crippen LogP contribution in [-0.2, 0) is 27.7 Å². The second-order valence-corrected chi connectivity index (χ2v) is 9.15. The maximum Gasteiger partial charge on any atom is 0.238 e. The second-order valence-electron chi connectivity index (χ2n) is 7.59. The first-order chi connectivity index (χ1) is 13.6. The Labute approximate surface area is 171 Å². The summed E-state index contributed by atoms with van der Waals surface area (Å²) in [5.41, 5.74) is 5.03. The van der Waals surface area contributed by atoms with Crippen molar-refractivity contribution in [3.63, 3.8) is 0 Å². The largest absolute Gasteiger partial charge is 0.464 e. The fourth-order valence-corrected chi connectivity index (χ4v) is 3.95. The van der Waals surface area contributed by atoms with E-state index in [-0.39, 0.29) is 17.2 Å². The highest BCUT2D eigenvalue weighted by atomic mass is 32.2. The van der Waals surface area contributed by atoms with Crippen molar-refractivity contribution in [2.24, 2.45) is 5.14 Å². The van der Waals surface area contributed by atoms with Crippen LogP contribution in [0.4, 0.5) is 0 Å². The van der Waals surface area contributed by atoms with E-state index in [9.17, 15) is 13.2 Å². The third-order valence-corrected chi connectivity index (χ3v) is 5.93. The summed E-state index contributed by atoms with van der Waals surface area (Å²) in [6.45, 7) is 6.82. The molecule has 0 saturated carbocycles. The quantitative estimate of drug-likeness (QED) is 0.618. The van der Waals surface area contributed by atoms with Crippen molar-refractivity contribution < 1.29 is 17.6 Å². The van der Waals surface area contributed by atoms with Crippen LogP contribution in [-0.4, -0.2) is 20.9 Å². The van der Waals surface area contributed by atoms with Crippen molar-refractivity contribution in [1.82, 2.24) is 5.32 Å². The molecule has 154 valence electrons. The number of carbonyl (C=O) groups is 1. The smallest absolute Gasteiger partial charge is 0.238 e. The van der Waals surface area contributed by atoms with Crippen LogP contribution in [0, 0.1) is 6.92 Å². The Kier molecular flexibility index (Phi) is 6.10. The summed E-state index contributed by atoms with van der Waals surface area (Å²) in [7, 11) is -3.69. The lowest BCUT2D eigenvalue weighted by molar-refractivity contribution is -0.120. The Bertz CT molecular complexity index is 1130. The van der Waals surface area contributed by atoms with Crippen molar-refractivity contribution >= 4 is 26.9 Å². The molecule has 0 aliphatic carbocycles. The van der Waals surface area contributed by atoms with Crippen molar-refractivity contribution in [3.05, 3.63) is 64.9 Å². The van der Waals surface area contributed by atoms with E-state index < -0.39 is 10.0 Å². The summed E-state index contributed by atoms with van der Waals surface area (Å²) in [5, 5.41) is 8.98. The number of fused-ring (bicyclic) bond motifs is 1. The van der Waals surface area contributed by atoms with Crippen LogP contribution < -0.4 is 10.5 Å². The monoisotopic (exact) mass is 414 g/mol. The summed E-state index contributed by atoms with van der Waals surface area (Å²) >= 11 is 0. The first kappa shape index (κ1) is 21.1. The lowest BCUT2D eigenvalue weighted by Crippen LogP contribution is -2.27. The highest BCUT2D eigenvalue weighted by molar-refractivity contribution is 7.89. The number of benzene rings is 2. The lowest BCUT2D eigenvalue weighted by atomic mass is 9.95. The molecule has 0 unspecified atom stereocenters. The topological polar surface area (TPSA) is 102 Å². The van der Waals surface area contributed by atoms with Crippen LogP contribution in [0.5, 0.6) is 0 Å². The molecule has 0 aliphatic heterocycles. The van der Waals surface area contributed by atoms with Crippen LogP contribution in [0.15, 0.2) is 52.0 Å². The summed E-state index contributed by atoms with van der Waals surface area (Å²) in [5.74, 6) is 0.317. The van der Waals surface area contributed by atoms with Crippen molar-refractivity contribution in [3.8, 4) is 0 Å². The third-order valence-electron chi connectivity index (χ3n) is 5.00. The normalized spacial score (nSPS) is 11.9. The summed E-state index contributed by atoms with van der Waals surface area (Å²) < 4.78 is 28.2. The molecule has 0 spiro atoms. The molecular formula is C22H26N2O4S. The van der Waals surface area contributed by atoms with E-state index in [4.69, 9.17) is 9.56 Å². The van der Waals surface area contributed by atoms with Crippen LogP contribution >= 0.6 is 0 Å². The fraction of sp³-hybridized carbons (Fsp3) is 0.318. The van der Waals surface area contributed by atoms with Gasteiger partial charge in [0.15, 0.2) is 0 Å². The van der Waals surface area contributed by atoms with Crippen LogP contribution in [0.1, 0.15) is 42.0 Å². The number of hydrogen-bond acceptors (Lipinski definition) is 4. The highest BCUT2D eigenvalue weighted by Gasteiger charge is 2.14. The van der Waals surface area contributed by atoms with Gasteiger partial charge >= 0.3 is 0 Å². The number of primary sulfonamides is 1. The zero-order valence-corrected chi connectivity index (χ0v) is 17.7. The molecule has 1 amide bonds. The SMILES string of the molecule is Cc1cc2occ(CC(=O)NCCc3ccc(S(N)(=O)=O)cc3)c2cc1C(C)C. The van der Waals surface area contributed by atoms with Crippen molar-refractivity contribution in [2.75, 3.05) is 6.54 Å². The standard InChI is InChI=1S/C22H26N2O4S/c1-14(2)19-12-20-17(13-28-21(20)10-15(19)3)11-22(25)24-9-8-16-4-6-18(7-5-16)29(23,26)27/h4-7,10,12-14H,8-9,11H2,1-3H3,(H,24,25)(H2,23,26,27). The predicted molar refractivity (Wildman–Crippen MR) is 113 cm³/mol. The maximum atomic E-state index is 12.4. The number of furan rings is 1. The molecule has 3 N–H and O–H groups in total. The van der Waals surface area contributed by atoms with Gasteiger partial charge in [0, 0.05) is 17.5 Å². The molecular weight excluding hydrogens is 388 g/mol. The Balaban J connectivity index is 1.60. The van der Waals surface area contributed by atoms with Gasteiger partial charge in [0.1, 0.15) is 5.58 Å². The molecule has 0 fully saturated rings. The van der Waals surface area contributed by atoms with Gasteiger partial charge in [-0.25, -0.2) is 13.6 Å². The van der Waals surface area contributed by atoms with E-state index in [0.29, 0.717) is 18.9 Å². The van der Waals surface area contributed by atoms with Gasteiger partial charge in [-0.2, -0.15) is 0 Å². The minimum atomic E-state index is -3.69. The number of hydrogen-bond donors (Lipinski definition) is 2. The maximum absolute atomic E-state index is 12.4. The fourth-order valence-electron chi connectivity index (χ4n) is 3.43. The molecule has 2 aromatic carbocycles. The molecule has 1 heterocycles. The van der Waals surface area contributed by atoms with Gasteiger partial charge in [0.2, 0.25) is 15.9 Å². The molecule has 3 rings (SSSR count). The van der Waals surface area contributed by atoms with E-state index in [1.54, 1.807) is 18.4 Å². The van der Waals surface area contributed by atoms with Crippen LogP contribution in [0.2, 0.25) is 0 Å². The number of aryl methyl sites for hydroxylation is 1. The summed E-state index contributed by atoms with van der Waals surface area (Å²) in [6, 6.07) is 10.5. The number of carbonyl (C=O) groups excluding carboxylic acids is 1. The average Bonchev–Trinajstić information content (AvgIpc) is 3.02. The van der Waals surface area contributed by atoms with E-state index in [2.05, 4.69) is 32.2 Å². The molecule has 3 aromatic rings. The zero-order chi connectivity index (χ0) is 21.2. The highest BCUT2D eigenvalue weighted by Crippen LogP contribution is 2.29. The Hall–Kier alpha value is -2.64. The van der Waals surface area contributed by atoms with Crippen LogP contribution in [0.25, 0.3) is 11.0 Å². The predicted octanol–water partition coefficient (Wildman–Crippen LogP) is 3.41. The molecule has 6 nitrogen and oxygen atoms in total. The number of nitrogens with one attached hydrogen (secondary N) is 1. The van der Waals surface area contributed by atoms with Gasteiger partial charge < -0.3 is 9.73 Å². The van der Waals surface area contributed by atoms with Gasteiger partial charge in [-0.15, -0.1) is 0 Å². The minimum absolute atomic E-state index is 0.0770. The van der Waals surface area contributed by atoms with E-state index >= 15 is 0 Å². The Morgan fingerprint density at radius 3 is 2.48 bits per heavy atom. The minimum Gasteiger partial charge on any atom is -0.464 e. The lowest BCUT2D eigenvalue weighted by Gasteiger charge is -2.10. The van der Waals surface area contributed by atoms with E-state index in [0.717, 1.165) is 22.1 Å². The van der Waals surface area contributed by atoms with Gasteiger partial charge in [0.25, 0.3) is 0 Å². The molecule has 1 aromatic heterocycles. The van der Waals surface area contributed by atoms with Crippen LogP contribution in [0.3, 0.4) is 0 Å².